The van der Waals surface area contributed by atoms with Crippen LogP contribution < -0.4 is 0 Å². The summed E-state index contributed by atoms with van der Waals surface area (Å²) in [4.78, 5) is 10.5. The number of nitrogens with zero attached hydrogens (tertiary/aromatic N) is 1. The van der Waals surface area contributed by atoms with Crippen molar-refractivity contribution in [1.29, 1.82) is 5.26 Å². The maximum absolute atomic E-state index is 10.5. The van der Waals surface area contributed by atoms with Crippen molar-refractivity contribution in [1.82, 2.24) is 0 Å². The second kappa shape index (κ2) is 5.91. The van der Waals surface area contributed by atoms with Crippen LogP contribution in [0.5, 0.6) is 0 Å². The Labute approximate surface area is 68.2 Å². The summed E-state index contributed by atoms with van der Waals surface area (Å²) in [6.45, 7) is 3.97. The molecule has 0 fully saturated rings. The quantitative estimate of drug-likeness (QED) is 0.568. The summed E-state index contributed by atoms with van der Waals surface area (Å²) in [5, 5.41) is 8.68. The molecule has 2 nitrogen and oxygen atoms in total. The van der Waals surface area contributed by atoms with E-state index in [1.807, 2.05) is 13.8 Å². The van der Waals surface area contributed by atoms with Gasteiger partial charge in [0.2, 0.25) is 0 Å². The zero-order chi connectivity index (χ0) is 8.69. The molecule has 0 aliphatic carbocycles. The minimum absolute atomic E-state index is 0.0556. The van der Waals surface area contributed by atoms with Crippen molar-refractivity contribution < 1.29 is 4.79 Å². The molecule has 11 heavy (non-hydrogen) atoms. The molecular formula is C9H15NO. The fourth-order valence-electron chi connectivity index (χ4n) is 1.16. The van der Waals surface area contributed by atoms with Crippen molar-refractivity contribution >= 4 is 6.29 Å². The molecule has 0 rings (SSSR count). The van der Waals surface area contributed by atoms with E-state index in [-0.39, 0.29) is 11.8 Å². The Hall–Kier alpha value is -0.840. The molecule has 0 aromatic heterocycles. The van der Waals surface area contributed by atoms with Crippen LogP contribution in [0.2, 0.25) is 0 Å². The minimum Gasteiger partial charge on any atom is -0.303 e. The van der Waals surface area contributed by atoms with Crippen LogP contribution in [0.25, 0.3) is 0 Å². The Balaban J connectivity index is 4.00. The van der Waals surface area contributed by atoms with Gasteiger partial charge in [-0.2, -0.15) is 5.26 Å². The Kier molecular flexibility index (Phi) is 5.46. The van der Waals surface area contributed by atoms with E-state index >= 15 is 0 Å². The monoisotopic (exact) mass is 153 g/mol. The Bertz CT molecular complexity index is 148. The van der Waals surface area contributed by atoms with Crippen molar-refractivity contribution in [2.24, 2.45) is 11.8 Å². The van der Waals surface area contributed by atoms with Gasteiger partial charge in [-0.15, -0.1) is 0 Å². The highest BCUT2D eigenvalue weighted by Crippen LogP contribution is 2.17. The van der Waals surface area contributed by atoms with Crippen molar-refractivity contribution in [3.05, 3.63) is 0 Å². The Morgan fingerprint density at radius 1 is 1.55 bits per heavy atom. The van der Waals surface area contributed by atoms with Crippen molar-refractivity contribution in [3.8, 4) is 6.07 Å². The van der Waals surface area contributed by atoms with Crippen LogP contribution in [0, 0.1) is 23.2 Å². The molecule has 2 atom stereocenters. The number of aldehydes is 1. The first-order chi connectivity index (χ1) is 5.29. The molecular weight excluding hydrogens is 138 g/mol. The van der Waals surface area contributed by atoms with Gasteiger partial charge in [0.25, 0.3) is 0 Å². The lowest BCUT2D eigenvalue weighted by Crippen LogP contribution is -2.13. The molecule has 0 N–H and O–H groups in total. The van der Waals surface area contributed by atoms with Gasteiger partial charge >= 0.3 is 0 Å². The van der Waals surface area contributed by atoms with Crippen LogP contribution in [-0.4, -0.2) is 6.29 Å². The van der Waals surface area contributed by atoms with Crippen LogP contribution >= 0.6 is 0 Å². The summed E-state index contributed by atoms with van der Waals surface area (Å²) in [5.74, 6) is -0.123. The molecule has 2 heteroatoms. The van der Waals surface area contributed by atoms with Gasteiger partial charge in [-0.3, -0.25) is 0 Å². The number of rotatable bonds is 5. The summed E-state index contributed by atoms with van der Waals surface area (Å²) in [7, 11) is 0. The molecule has 0 spiro atoms. The van der Waals surface area contributed by atoms with Gasteiger partial charge in [-0.25, -0.2) is 0 Å². The van der Waals surface area contributed by atoms with Crippen LogP contribution in [0.1, 0.15) is 33.1 Å². The third-order valence-corrected chi connectivity index (χ3v) is 1.93. The normalized spacial score (nSPS) is 15.0. The van der Waals surface area contributed by atoms with Crippen LogP contribution in [-0.2, 0) is 4.79 Å². The minimum atomic E-state index is -0.0671. The molecule has 0 saturated carbocycles. The predicted molar refractivity (Wildman–Crippen MR) is 43.9 cm³/mol. The first-order valence-corrected chi connectivity index (χ1v) is 4.15. The molecule has 0 aliphatic rings. The van der Waals surface area contributed by atoms with Crippen molar-refractivity contribution in [2.45, 2.75) is 33.1 Å². The summed E-state index contributed by atoms with van der Waals surface area (Å²) in [6.07, 6.45) is 3.50. The number of hydrogen-bond acceptors (Lipinski definition) is 2. The van der Waals surface area contributed by atoms with Gasteiger partial charge in [0.15, 0.2) is 0 Å². The molecule has 0 bridgehead atoms. The summed E-state index contributed by atoms with van der Waals surface area (Å²) in [5.41, 5.74) is 0. The van der Waals surface area contributed by atoms with Crippen LogP contribution in [0.15, 0.2) is 0 Å². The second-order valence-corrected chi connectivity index (χ2v) is 2.73. The smallest absolute Gasteiger partial charge is 0.124 e. The number of nitriles is 1. The van der Waals surface area contributed by atoms with E-state index in [0.717, 1.165) is 25.5 Å². The molecule has 0 amide bonds. The standard InChI is InChI=1S/C9H15NO/c1-3-5-9(6-10)8(4-2)7-11/h7-9H,3-5H2,1-2H3. The average molecular weight is 153 g/mol. The van der Waals surface area contributed by atoms with E-state index in [4.69, 9.17) is 5.26 Å². The average Bonchev–Trinajstić information content (AvgIpc) is 2.05. The third-order valence-electron chi connectivity index (χ3n) is 1.93. The largest absolute Gasteiger partial charge is 0.303 e. The van der Waals surface area contributed by atoms with Crippen LogP contribution in [0.4, 0.5) is 0 Å². The van der Waals surface area contributed by atoms with Crippen LogP contribution in [0.3, 0.4) is 0 Å². The Morgan fingerprint density at radius 3 is 2.45 bits per heavy atom. The first kappa shape index (κ1) is 10.2. The molecule has 0 radical (unpaired) electrons. The van der Waals surface area contributed by atoms with E-state index in [1.54, 1.807) is 0 Å². The van der Waals surface area contributed by atoms with Gasteiger partial charge in [0.05, 0.1) is 12.0 Å². The number of hydrogen-bond donors (Lipinski definition) is 0. The SMILES string of the molecule is CCCC(C#N)C(C=O)CC. The molecule has 2 unspecified atom stereocenters. The second-order valence-electron chi connectivity index (χ2n) is 2.73. The lowest BCUT2D eigenvalue weighted by Gasteiger charge is -2.12. The van der Waals surface area contributed by atoms with Gasteiger partial charge in [0.1, 0.15) is 6.29 Å². The fourth-order valence-corrected chi connectivity index (χ4v) is 1.16. The molecule has 62 valence electrons. The molecule has 0 aliphatic heterocycles. The maximum atomic E-state index is 10.5. The lowest BCUT2D eigenvalue weighted by atomic mass is 9.89. The summed E-state index contributed by atoms with van der Waals surface area (Å²) >= 11 is 0. The highest BCUT2D eigenvalue weighted by Gasteiger charge is 2.17. The third kappa shape index (κ3) is 3.18. The fraction of sp³-hybridized carbons (Fsp3) is 0.778. The molecule has 0 aromatic carbocycles. The van der Waals surface area contributed by atoms with E-state index in [2.05, 4.69) is 6.07 Å². The predicted octanol–water partition coefficient (Wildman–Crippen LogP) is 2.15. The number of carbonyl (C=O) groups is 1. The lowest BCUT2D eigenvalue weighted by molar-refractivity contribution is -0.112. The zero-order valence-corrected chi connectivity index (χ0v) is 7.21. The van der Waals surface area contributed by atoms with E-state index < -0.39 is 0 Å². The van der Waals surface area contributed by atoms with Gasteiger partial charge in [-0.1, -0.05) is 20.3 Å². The zero-order valence-electron chi connectivity index (χ0n) is 7.21. The molecule has 0 aromatic rings. The topological polar surface area (TPSA) is 40.9 Å². The first-order valence-electron chi connectivity index (χ1n) is 4.15. The van der Waals surface area contributed by atoms with E-state index in [9.17, 15) is 4.79 Å². The highest BCUT2D eigenvalue weighted by molar-refractivity contribution is 5.54. The van der Waals surface area contributed by atoms with Gasteiger partial charge in [0, 0.05) is 5.92 Å². The Morgan fingerprint density at radius 2 is 2.18 bits per heavy atom. The van der Waals surface area contributed by atoms with E-state index in [1.165, 1.54) is 0 Å². The maximum Gasteiger partial charge on any atom is 0.124 e. The van der Waals surface area contributed by atoms with E-state index in [0.29, 0.717) is 0 Å². The molecule has 0 saturated heterocycles. The van der Waals surface area contributed by atoms with Crippen molar-refractivity contribution in [3.63, 3.8) is 0 Å². The summed E-state index contributed by atoms with van der Waals surface area (Å²) in [6, 6.07) is 2.17. The van der Waals surface area contributed by atoms with Gasteiger partial charge < -0.3 is 4.79 Å². The van der Waals surface area contributed by atoms with Crippen molar-refractivity contribution in [2.75, 3.05) is 0 Å². The number of carbonyl (C=O) groups excluding carboxylic acids is 1. The highest BCUT2D eigenvalue weighted by atomic mass is 16.1. The molecule has 0 heterocycles. The summed E-state index contributed by atoms with van der Waals surface area (Å²) < 4.78 is 0. The van der Waals surface area contributed by atoms with Gasteiger partial charge in [-0.05, 0) is 12.8 Å².